The van der Waals surface area contributed by atoms with E-state index in [0.717, 1.165) is 0 Å². The fourth-order valence-corrected chi connectivity index (χ4v) is 2.85. The molecule has 0 spiro atoms. The van der Waals surface area contributed by atoms with Crippen molar-refractivity contribution in [2.24, 2.45) is 0 Å². The first-order valence-corrected chi connectivity index (χ1v) is 10.3. The van der Waals surface area contributed by atoms with Gasteiger partial charge < -0.3 is 24.1 Å². The molecule has 0 aliphatic carbocycles. The van der Waals surface area contributed by atoms with Crippen molar-refractivity contribution in [3.63, 3.8) is 0 Å². The number of rotatable bonds is 11. The van der Waals surface area contributed by atoms with E-state index in [1.54, 1.807) is 12.1 Å². The Morgan fingerprint density at radius 1 is 0.595 bits per heavy atom. The van der Waals surface area contributed by atoms with E-state index in [1.807, 2.05) is 0 Å². The number of hydrogen-bond donors (Lipinski definition) is 1. The van der Waals surface area contributed by atoms with Crippen LogP contribution in [0.3, 0.4) is 0 Å². The van der Waals surface area contributed by atoms with Gasteiger partial charge in [-0.15, -0.1) is 0 Å². The number of aliphatic carboxylic acids is 1. The minimum Gasteiger partial charge on any atom is -0.481 e. The zero-order chi connectivity index (χ0) is 26.9. The van der Waals surface area contributed by atoms with E-state index in [9.17, 15) is 31.1 Å². The van der Waals surface area contributed by atoms with Crippen LogP contribution in [0.1, 0.15) is 12.0 Å². The second kappa shape index (κ2) is 12.4. The highest BCUT2D eigenvalue weighted by atomic mass is 19.3. The fraction of sp³-hybridized carbons (Fsp3) is 0.0800. The van der Waals surface area contributed by atoms with Crippen LogP contribution >= 0.6 is 0 Å². The Morgan fingerprint density at radius 2 is 0.973 bits per heavy atom. The molecule has 0 amide bonds. The molecule has 0 unspecified atom stereocenters. The Labute approximate surface area is 205 Å². The van der Waals surface area contributed by atoms with Crippen molar-refractivity contribution >= 4 is 5.97 Å². The van der Waals surface area contributed by atoms with E-state index < -0.39 is 30.2 Å². The molecule has 1 N–H and O–H groups in total. The van der Waals surface area contributed by atoms with Gasteiger partial charge in [0.1, 0.15) is 34.5 Å². The number of carboxylic acids is 1. The van der Waals surface area contributed by atoms with Crippen molar-refractivity contribution in [3.05, 3.63) is 96.5 Å². The lowest BCUT2D eigenvalue weighted by molar-refractivity contribution is -0.136. The van der Waals surface area contributed by atoms with Gasteiger partial charge in [-0.05, 0) is 72.6 Å². The molecule has 0 aliphatic rings. The minimum absolute atomic E-state index is 0.128. The summed E-state index contributed by atoms with van der Waals surface area (Å²) in [5.74, 6) is -0.554. The highest BCUT2D eigenvalue weighted by Crippen LogP contribution is 2.33. The summed E-state index contributed by atoms with van der Waals surface area (Å²) in [4.78, 5) is 11.0. The van der Waals surface area contributed by atoms with Gasteiger partial charge in [-0.3, -0.25) is 4.79 Å². The van der Waals surface area contributed by atoms with Crippen LogP contribution < -0.4 is 18.9 Å². The molecule has 6 nitrogen and oxygen atoms in total. The summed E-state index contributed by atoms with van der Waals surface area (Å²) in [5.41, 5.74) is 0.533. The monoisotopic (exact) mass is 526 g/mol. The molecule has 37 heavy (non-hydrogen) atoms. The van der Waals surface area contributed by atoms with E-state index >= 15 is 0 Å². The van der Waals surface area contributed by atoms with Gasteiger partial charge in [-0.2, -0.15) is 26.3 Å². The van der Waals surface area contributed by atoms with Crippen LogP contribution in [0.15, 0.2) is 90.9 Å². The number of aryl methyl sites for hydroxylation is 1. The molecular formula is C25H16F6O6. The number of carboxylic acid groups (broad SMARTS) is 1. The Balaban J connectivity index is 1.79. The molecule has 3 aromatic rings. The number of halogens is 6. The van der Waals surface area contributed by atoms with Gasteiger partial charge in [0.2, 0.25) is 0 Å². The van der Waals surface area contributed by atoms with Gasteiger partial charge in [0.05, 0.1) is 0 Å². The first-order valence-electron chi connectivity index (χ1n) is 10.3. The SMILES string of the molecule is O=C(O)CCc1cc(Oc2ccc(OC(F)=C(F)F)cc2)cc(Oc2ccc(OC(F)=C(F)F)cc2)c1. The molecule has 194 valence electrons. The van der Waals surface area contributed by atoms with Gasteiger partial charge in [0, 0.05) is 12.5 Å². The predicted molar refractivity (Wildman–Crippen MR) is 117 cm³/mol. The molecule has 0 saturated carbocycles. The van der Waals surface area contributed by atoms with E-state index in [-0.39, 0.29) is 47.3 Å². The van der Waals surface area contributed by atoms with Crippen molar-refractivity contribution in [2.45, 2.75) is 12.8 Å². The van der Waals surface area contributed by atoms with Crippen LogP contribution in [0.2, 0.25) is 0 Å². The third-order valence-corrected chi connectivity index (χ3v) is 4.40. The molecule has 0 bridgehead atoms. The lowest BCUT2D eigenvalue weighted by Gasteiger charge is -2.13. The second-order valence-electron chi connectivity index (χ2n) is 7.13. The third-order valence-electron chi connectivity index (χ3n) is 4.40. The second-order valence-corrected chi connectivity index (χ2v) is 7.13. The van der Waals surface area contributed by atoms with E-state index in [4.69, 9.17) is 14.6 Å². The lowest BCUT2D eigenvalue weighted by atomic mass is 10.1. The Hall–Kier alpha value is -4.61. The number of ether oxygens (including phenoxy) is 4. The lowest BCUT2D eigenvalue weighted by Crippen LogP contribution is -1.98. The molecule has 0 aromatic heterocycles. The van der Waals surface area contributed by atoms with Crippen molar-refractivity contribution in [3.8, 4) is 34.5 Å². The average molecular weight is 526 g/mol. The summed E-state index contributed by atoms with van der Waals surface area (Å²) in [6.07, 6.45) is -5.27. The van der Waals surface area contributed by atoms with Crippen LogP contribution in [0, 0.1) is 0 Å². The van der Waals surface area contributed by atoms with Crippen LogP contribution in [0.25, 0.3) is 0 Å². The Bertz CT molecular complexity index is 1210. The van der Waals surface area contributed by atoms with Gasteiger partial charge in [-0.1, -0.05) is 0 Å². The molecule has 0 aliphatic heterocycles. The highest BCUT2D eigenvalue weighted by Gasteiger charge is 2.11. The van der Waals surface area contributed by atoms with Crippen molar-refractivity contribution < 1.29 is 55.2 Å². The van der Waals surface area contributed by atoms with Crippen LogP contribution in [0.4, 0.5) is 26.3 Å². The molecule has 0 fully saturated rings. The third kappa shape index (κ3) is 8.53. The Kier molecular flexibility index (Phi) is 9.03. The van der Waals surface area contributed by atoms with Crippen molar-refractivity contribution in [1.82, 2.24) is 0 Å². The van der Waals surface area contributed by atoms with E-state index in [2.05, 4.69) is 9.47 Å². The number of benzene rings is 3. The average Bonchev–Trinajstić information content (AvgIpc) is 2.85. The summed E-state index contributed by atoms with van der Waals surface area (Å²) >= 11 is 0. The topological polar surface area (TPSA) is 74.2 Å². The molecule has 12 heteroatoms. The first-order chi connectivity index (χ1) is 17.6. The van der Waals surface area contributed by atoms with E-state index in [0.29, 0.717) is 5.56 Å². The first kappa shape index (κ1) is 27.0. The molecular weight excluding hydrogens is 510 g/mol. The normalized spacial score (nSPS) is 10.3. The molecule has 0 radical (unpaired) electrons. The summed E-state index contributed by atoms with van der Waals surface area (Å²) in [6.45, 7) is 0. The summed E-state index contributed by atoms with van der Waals surface area (Å²) in [5, 5.41) is 8.99. The summed E-state index contributed by atoms with van der Waals surface area (Å²) in [6, 6.07) is 10.6. The van der Waals surface area contributed by atoms with Gasteiger partial charge in [0.15, 0.2) is 0 Å². The number of hydrogen-bond acceptors (Lipinski definition) is 5. The van der Waals surface area contributed by atoms with Crippen LogP contribution in [-0.2, 0) is 11.2 Å². The maximum atomic E-state index is 12.9. The van der Waals surface area contributed by atoms with Gasteiger partial charge in [0.25, 0.3) is 0 Å². The van der Waals surface area contributed by atoms with Gasteiger partial charge in [-0.25, -0.2) is 0 Å². The molecule has 0 saturated heterocycles. The summed E-state index contributed by atoms with van der Waals surface area (Å²) < 4.78 is 94.7. The quantitative estimate of drug-likeness (QED) is 0.201. The van der Waals surface area contributed by atoms with E-state index in [1.165, 1.54) is 54.6 Å². The van der Waals surface area contributed by atoms with Gasteiger partial charge >= 0.3 is 30.2 Å². The van der Waals surface area contributed by atoms with Crippen molar-refractivity contribution in [1.29, 1.82) is 0 Å². The predicted octanol–water partition coefficient (Wildman–Crippen LogP) is 8.12. The largest absolute Gasteiger partial charge is 0.481 e. The maximum Gasteiger partial charge on any atom is 0.344 e. The maximum absolute atomic E-state index is 12.9. The smallest absolute Gasteiger partial charge is 0.344 e. The zero-order valence-electron chi connectivity index (χ0n) is 18.5. The molecule has 0 heterocycles. The fourth-order valence-electron chi connectivity index (χ4n) is 2.85. The standard InChI is InChI=1S/C25H16F6O6/c26-22(27)24(30)36-17-6-2-15(3-7-17)34-19-11-14(1-10-21(32)33)12-20(13-19)35-16-4-8-18(9-5-16)37-25(31)23(28)29/h2-9,11-13H,1,10H2,(H,32,33). The zero-order valence-corrected chi connectivity index (χ0v) is 18.5. The Morgan fingerprint density at radius 3 is 1.32 bits per heavy atom. The minimum atomic E-state index is -2.61. The van der Waals surface area contributed by atoms with Crippen LogP contribution in [0.5, 0.6) is 34.5 Å². The summed E-state index contributed by atoms with van der Waals surface area (Å²) in [7, 11) is 0. The molecule has 3 rings (SSSR count). The van der Waals surface area contributed by atoms with Crippen LogP contribution in [-0.4, -0.2) is 11.1 Å². The molecule has 3 aromatic carbocycles. The number of carbonyl (C=O) groups is 1. The molecule has 0 atom stereocenters. The van der Waals surface area contributed by atoms with Crippen molar-refractivity contribution in [2.75, 3.05) is 0 Å². The highest BCUT2D eigenvalue weighted by molar-refractivity contribution is 5.67.